The van der Waals surface area contributed by atoms with E-state index in [2.05, 4.69) is 6.07 Å². The Balaban J connectivity index is 1.83. The molecule has 0 saturated heterocycles. The molecule has 5 nitrogen and oxygen atoms in total. The molecule has 152 valence electrons. The molecule has 4 rings (SSSR count). The molecular weight excluding hydrogens is 396 g/mol. The second-order valence-corrected chi connectivity index (χ2v) is 8.90. The minimum Gasteiger partial charge on any atom is -0.440 e. The van der Waals surface area contributed by atoms with Crippen LogP contribution in [0.4, 0.5) is 0 Å². The van der Waals surface area contributed by atoms with Crippen molar-refractivity contribution in [3.8, 4) is 22.6 Å². The number of sulfonamides is 1. The molecule has 1 heterocycles. The van der Waals surface area contributed by atoms with Gasteiger partial charge in [0.1, 0.15) is 5.69 Å². The Morgan fingerprint density at radius 2 is 1.63 bits per heavy atom. The van der Waals surface area contributed by atoms with Crippen molar-refractivity contribution in [1.29, 1.82) is 0 Å². The number of aromatic nitrogens is 1. The van der Waals surface area contributed by atoms with Crippen LogP contribution in [0, 0.1) is 13.8 Å². The van der Waals surface area contributed by atoms with Crippen molar-refractivity contribution in [2.24, 2.45) is 5.14 Å². The van der Waals surface area contributed by atoms with E-state index in [0.29, 0.717) is 23.8 Å². The van der Waals surface area contributed by atoms with Crippen LogP contribution in [0.1, 0.15) is 22.6 Å². The van der Waals surface area contributed by atoms with Crippen LogP contribution in [-0.4, -0.2) is 13.4 Å². The molecule has 0 aliphatic rings. The van der Waals surface area contributed by atoms with Gasteiger partial charge >= 0.3 is 0 Å². The fraction of sp³-hybridized carbons (Fsp3) is 0.125. The van der Waals surface area contributed by atoms with Crippen LogP contribution in [0.3, 0.4) is 0 Å². The molecule has 0 amide bonds. The van der Waals surface area contributed by atoms with Gasteiger partial charge in [0, 0.05) is 17.5 Å². The molecule has 0 aliphatic carbocycles. The van der Waals surface area contributed by atoms with Gasteiger partial charge in [-0.1, -0.05) is 66.2 Å². The zero-order valence-corrected chi connectivity index (χ0v) is 17.6. The topological polar surface area (TPSA) is 86.2 Å². The number of oxazole rings is 1. The molecule has 0 atom stereocenters. The standard InChI is InChI=1S/C24H22N2O3S/c1-16-8-13-21(17(2)14-16)24-23(19-9-11-20(12-10-19)30(25,27)28)26-22(29-24)15-18-6-4-3-5-7-18/h3-14H,15H2,1-2H3,(H2,25,27,28). The molecule has 1 aromatic heterocycles. The van der Waals surface area contributed by atoms with Crippen LogP contribution < -0.4 is 5.14 Å². The minimum absolute atomic E-state index is 0.0623. The predicted octanol–water partition coefficient (Wildman–Crippen LogP) is 4.86. The molecule has 0 fully saturated rings. The van der Waals surface area contributed by atoms with Gasteiger partial charge in [-0.2, -0.15) is 0 Å². The van der Waals surface area contributed by atoms with Crippen molar-refractivity contribution < 1.29 is 12.8 Å². The molecule has 0 bridgehead atoms. The lowest BCUT2D eigenvalue weighted by Gasteiger charge is -2.07. The van der Waals surface area contributed by atoms with Crippen molar-refractivity contribution in [3.05, 3.63) is 95.4 Å². The summed E-state index contributed by atoms with van der Waals surface area (Å²) in [5, 5.41) is 5.23. The van der Waals surface area contributed by atoms with E-state index in [1.54, 1.807) is 12.1 Å². The third kappa shape index (κ3) is 4.20. The van der Waals surface area contributed by atoms with Gasteiger partial charge in [-0.15, -0.1) is 0 Å². The first kappa shape index (κ1) is 20.1. The largest absolute Gasteiger partial charge is 0.440 e. The third-order valence-corrected chi connectivity index (χ3v) is 5.88. The normalized spacial score (nSPS) is 11.6. The molecule has 0 aliphatic heterocycles. The smallest absolute Gasteiger partial charge is 0.238 e. The highest BCUT2D eigenvalue weighted by Crippen LogP contribution is 2.35. The summed E-state index contributed by atoms with van der Waals surface area (Å²) < 4.78 is 29.4. The zero-order chi connectivity index (χ0) is 21.3. The zero-order valence-electron chi connectivity index (χ0n) is 16.8. The van der Waals surface area contributed by atoms with Crippen LogP contribution in [0.15, 0.2) is 82.1 Å². The highest BCUT2D eigenvalue weighted by molar-refractivity contribution is 7.89. The minimum atomic E-state index is -3.75. The number of rotatable bonds is 5. The highest BCUT2D eigenvalue weighted by Gasteiger charge is 2.19. The van der Waals surface area contributed by atoms with Crippen LogP contribution in [0.2, 0.25) is 0 Å². The van der Waals surface area contributed by atoms with E-state index in [0.717, 1.165) is 22.3 Å². The first-order valence-corrected chi connectivity index (χ1v) is 11.1. The Hall–Kier alpha value is -3.22. The molecule has 4 aromatic rings. The average molecular weight is 419 g/mol. The number of primary sulfonamides is 1. The summed E-state index contributed by atoms with van der Waals surface area (Å²) in [6.45, 7) is 4.08. The Morgan fingerprint density at radius 3 is 2.27 bits per heavy atom. The summed E-state index contributed by atoms with van der Waals surface area (Å²) in [5.41, 5.74) is 5.74. The Bertz CT molecular complexity index is 1290. The second kappa shape index (κ2) is 7.89. The molecule has 3 aromatic carbocycles. The lowest BCUT2D eigenvalue weighted by Crippen LogP contribution is -2.11. The summed E-state index contributed by atoms with van der Waals surface area (Å²) in [7, 11) is -3.75. The van der Waals surface area contributed by atoms with Crippen molar-refractivity contribution >= 4 is 10.0 Å². The molecule has 2 N–H and O–H groups in total. The van der Waals surface area contributed by atoms with E-state index in [-0.39, 0.29) is 4.90 Å². The number of hydrogen-bond acceptors (Lipinski definition) is 4. The monoisotopic (exact) mass is 418 g/mol. The van der Waals surface area contributed by atoms with Crippen molar-refractivity contribution in [2.75, 3.05) is 0 Å². The molecule has 0 radical (unpaired) electrons. The highest BCUT2D eigenvalue weighted by atomic mass is 32.2. The quantitative estimate of drug-likeness (QED) is 0.501. The number of aryl methyl sites for hydroxylation is 2. The van der Waals surface area contributed by atoms with Gasteiger partial charge in [0.05, 0.1) is 4.90 Å². The molecule has 0 unspecified atom stereocenters. The van der Waals surface area contributed by atoms with Crippen LogP contribution in [0.5, 0.6) is 0 Å². The Kier molecular flexibility index (Phi) is 5.28. The molecule has 0 spiro atoms. The number of benzene rings is 3. The maximum Gasteiger partial charge on any atom is 0.238 e. The fourth-order valence-electron chi connectivity index (χ4n) is 3.46. The van der Waals surface area contributed by atoms with E-state index < -0.39 is 10.0 Å². The summed E-state index contributed by atoms with van der Waals surface area (Å²) in [5.74, 6) is 1.27. The molecule has 30 heavy (non-hydrogen) atoms. The van der Waals surface area contributed by atoms with Crippen LogP contribution >= 0.6 is 0 Å². The van der Waals surface area contributed by atoms with Gasteiger partial charge in [0.2, 0.25) is 10.0 Å². The van der Waals surface area contributed by atoms with Gasteiger partial charge in [0.25, 0.3) is 0 Å². The van der Waals surface area contributed by atoms with Gasteiger partial charge in [-0.05, 0) is 37.1 Å². The first-order valence-electron chi connectivity index (χ1n) is 9.56. The van der Waals surface area contributed by atoms with Gasteiger partial charge in [-0.25, -0.2) is 18.5 Å². The van der Waals surface area contributed by atoms with E-state index in [1.165, 1.54) is 17.7 Å². The Morgan fingerprint density at radius 1 is 0.933 bits per heavy atom. The Labute approximate surface area is 176 Å². The van der Waals surface area contributed by atoms with Crippen molar-refractivity contribution in [1.82, 2.24) is 4.98 Å². The SMILES string of the molecule is Cc1ccc(-c2oc(Cc3ccccc3)nc2-c2ccc(S(N)(=O)=O)cc2)c(C)c1. The summed E-state index contributed by atoms with van der Waals surface area (Å²) >= 11 is 0. The fourth-order valence-corrected chi connectivity index (χ4v) is 3.98. The summed E-state index contributed by atoms with van der Waals surface area (Å²) in [6, 6.07) is 22.5. The average Bonchev–Trinajstić information content (AvgIpc) is 3.11. The lowest BCUT2D eigenvalue weighted by atomic mass is 10.0. The summed E-state index contributed by atoms with van der Waals surface area (Å²) in [6.07, 6.45) is 0.564. The van der Waals surface area contributed by atoms with Crippen molar-refractivity contribution in [3.63, 3.8) is 0 Å². The first-order chi connectivity index (χ1) is 14.3. The van der Waals surface area contributed by atoms with Crippen LogP contribution in [-0.2, 0) is 16.4 Å². The number of nitrogens with zero attached hydrogens (tertiary/aromatic N) is 1. The third-order valence-electron chi connectivity index (χ3n) is 4.95. The van der Waals surface area contributed by atoms with E-state index in [1.807, 2.05) is 56.3 Å². The summed E-state index contributed by atoms with van der Waals surface area (Å²) in [4.78, 5) is 4.82. The van der Waals surface area contributed by atoms with E-state index >= 15 is 0 Å². The second-order valence-electron chi connectivity index (χ2n) is 7.34. The lowest BCUT2D eigenvalue weighted by molar-refractivity contribution is 0.519. The van der Waals surface area contributed by atoms with Crippen LogP contribution in [0.25, 0.3) is 22.6 Å². The predicted molar refractivity (Wildman–Crippen MR) is 117 cm³/mol. The molecule has 0 saturated carbocycles. The molecular formula is C24H22N2O3S. The van der Waals surface area contributed by atoms with Gasteiger partial charge in [-0.3, -0.25) is 0 Å². The maximum absolute atomic E-state index is 11.6. The number of nitrogens with two attached hydrogens (primary N) is 1. The van der Waals surface area contributed by atoms with E-state index in [9.17, 15) is 8.42 Å². The maximum atomic E-state index is 11.6. The van der Waals surface area contributed by atoms with Gasteiger partial charge in [0.15, 0.2) is 11.7 Å². The van der Waals surface area contributed by atoms with E-state index in [4.69, 9.17) is 14.5 Å². The van der Waals surface area contributed by atoms with Crippen molar-refractivity contribution in [2.45, 2.75) is 25.2 Å². The van der Waals surface area contributed by atoms with Gasteiger partial charge < -0.3 is 4.42 Å². The number of hydrogen-bond donors (Lipinski definition) is 1. The molecule has 6 heteroatoms.